The lowest BCUT2D eigenvalue weighted by molar-refractivity contribution is -0.289. The summed E-state index contributed by atoms with van der Waals surface area (Å²) in [6.07, 6.45) is -0.477. The highest BCUT2D eigenvalue weighted by Gasteiger charge is 2.58. The molecule has 8 nitrogen and oxygen atoms in total. The highest BCUT2D eigenvalue weighted by Crippen LogP contribution is 2.37. The van der Waals surface area contributed by atoms with Gasteiger partial charge < -0.3 is 9.47 Å². The summed E-state index contributed by atoms with van der Waals surface area (Å²) in [7, 11) is -3.87. The van der Waals surface area contributed by atoms with E-state index >= 15 is 0 Å². The summed E-state index contributed by atoms with van der Waals surface area (Å²) in [6.45, 7) is -0.508. The molecule has 0 spiro atoms. The monoisotopic (exact) mass is 528 g/mol. The molecule has 0 aliphatic rings. The quantitative estimate of drug-likeness (QED) is 0.299. The number of ether oxygens (including phenoxy) is 2. The maximum Gasteiger partial charge on any atom is 0.456 e. The normalized spacial score (nSPS) is 12.6. The van der Waals surface area contributed by atoms with Gasteiger partial charge in [0, 0.05) is 24.5 Å². The Morgan fingerprint density at radius 3 is 2.44 bits per heavy atom. The van der Waals surface area contributed by atoms with E-state index in [4.69, 9.17) is 9.47 Å². The van der Waals surface area contributed by atoms with Crippen LogP contribution in [0.4, 0.5) is 22.0 Å². The van der Waals surface area contributed by atoms with Crippen LogP contribution in [0.3, 0.4) is 0 Å². The van der Waals surface area contributed by atoms with Gasteiger partial charge >= 0.3 is 12.1 Å². The van der Waals surface area contributed by atoms with Gasteiger partial charge in [0.05, 0.1) is 18.1 Å². The SMILES string of the molecule is CCS(=O)(=O)c1cc(Oc2ccccn2)cnc1-c1ncc2c(OCC(F)(F)C(F)(F)F)cccn12. The molecule has 0 saturated heterocycles. The van der Waals surface area contributed by atoms with Crippen molar-refractivity contribution >= 4 is 15.4 Å². The molecule has 0 aliphatic carbocycles. The molecule has 0 amide bonds. The number of aromatic nitrogens is 4. The molecule has 0 fully saturated rings. The van der Waals surface area contributed by atoms with Crippen molar-refractivity contribution in [2.75, 3.05) is 12.4 Å². The zero-order chi connectivity index (χ0) is 26.1. The van der Waals surface area contributed by atoms with Gasteiger partial charge in [-0.05, 0) is 18.2 Å². The van der Waals surface area contributed by atoms with Crippen molar-refractivity contribution in [3.8, 4) is 28.9 Å². The molecule has 4 aromatic rings. The number of fused-ring (bicyclic) bond motifs is 1. The van der Waals surface area contributed by atoms with E-state index in [0.29, 0.717) is 0 Å². The lowest BCUT2D eigenvalue weighted by Gasteiger charge is -2.20. The van der Waals surface area contributed by atoms with E-state index in [9.17, 15) is 30.4 Å². The Morgan fingerprint density at radius 1 is 1.00 bits per heavy atom. The summed E-state index contributed by atoms with van der Waals surface area (Å²) in [6, 6.07) is 8.68. The van der Waals surface area contributed by atoms with Crippen molar-refractivity contribution < 1.29 is 39.8 Å². The van der Waals surface area contributed by atoms with Gasteiger partial charge in [-0.3, -0.25) is 4.40 Å². The van der Waals surface area contributed by atoms with Crippen molar-refractivity contribution in [3.63, 3.8) is 0 Å². The van der Waals surface area contributed by atoms with Gasteiger partial charge in [-0.2, -0.15) is 22.0 Å². The molecule has 190 valence electrons. The molecule has 0 radical (unpaired) electrons. The first kappa shape index (κ1) is 25.3. The number of nitrogens with zero attached hydrogens (tertiary/aromatic N) is 4. The van der Waals surface area contributed by atoms with E-state index in [-0.39, 0.29) is 45.1 Å². The molecule has 0 atom stereocenters. The van der Waals surface area contributed by atoms with Gasteiger partial charge in [0.1, 0.15) is 27.6 Å². The zero-order valence-corrected chi connectivity index (χ0v) is 19.2. The Balaban J connectivity index is 1.75. The minimum Gasteiger partial charge on any atom is -0.485 e. The number of hydrogen-bond donors (Lipinski definition) is 0. The second-order valence-electron chi connectivity index (χ2n) is 7.39. The van der Waals surface area contributed by atoms with Crippen LogP contribution in [-0.2, 0) is 9.84 Å². The molecular weight excluding hydrogens is 511 g/mol. The molecule has 14 heteroatoms. The van der Waals surface area contributed by atoms with Crippen LogP contribution in [0, 0.1) is 0 Å². The second kappa shape index (κ2) is 9.33. The van der Waals surface area contributed by atoms with Gasteiger partial charge in [0.2, 0.25) is 5.88 Å². The highest BCUT2D eigenvalue weighted by molar-refractivity contribution is 7.91. The number of rotatable bonds is 8. The summed E-state index contributed by atoms with van der Waals surface area (Å²) >= 11 is 0. The number of alkyl halides is 5. The minimum absolute atomic E-state index is 0.00515. The van der Waals surface area contributed by atoms with Crippen LogP contribution >= 0.6 is 0 Å². The maximum atomic E-state index is 13.3. The number of halogens is 5. The molecule has 0 unspecified atom stereocenters. The molecule has 0 aromatic carbocycles. The van der Waals surface area contributed by atoms with Gasteiger partial charge in [-0.15, -0.1) is 0 Å². The highest BCUT2D eigenvalue weighted by atomic mass is 32.2. The van der Waals surface area contributed by atoms with Gasteiger partial charge in [-0.25, -0.2) is 23.4 Å². The summed E-state index contributed by atoms with van der Waals surface area (Å²) in [4.78, 5) is 12.1. The number of hydrogen-bond acceptors (Lipinski definition) is 7. The van der Waals surface area contributed by atoms with Gasteiger partial charge in [0.25, 0.3) is 0 Å². The maximum absolute atomic E-state index is 13.3. The summed E-state index contributed by atoms with van der Waals surface area (Å²) in [5, 5.41) is 0. The Hall–Kier alpha value is -3.81. The standard InChI is InChI=1S/C22H17F5N4O4S/c1-2-36(32,33)17-10-14(35-18-7-3-4-8-28-18)11-29-19(17)20-30-12-15-16(6-5-9-31(15)20)34-13-21(23,24)22(25,26)27/h3-12H,2,13H2,1H3. The molecule has 4 heterocycles. The van der Waals surface area contributed by atoms with E-state index in [2.05, 4.69) is 15.0 Å². The topological polar surface area (TPSA) is 95.7 Å². The Bertz CT molecular complexity index is 1490. The first-order valence-electron chi connectivity index (χ1n) is 10.3. The first-order chi connectivity index (χ1) is 16.9. The third-order valence-corrected chi connectivity index (χ3v) is 6.71. The molecule has 4 rings (SSSR count). The molecular formula is C22H17F5N4O4S. The Labute approximate surface area is 201 Å². The van der Waals surface area contributed by atoms with E-state index in [1.54, 1.807) is 18.2 Å². The van der Waals surface area contributed by atoms with Crippen LogP contribution in [0.2, 0.25) is 0 Å². The van der Waals surface area contributed by atoms with Crippen LogP contribution in [-0.4, -0.2) is 52.2 Å². The van der Waals surface area contributed by atoms with Crippen molar-refractivity contribution in [3.05, 3.63) is 61.2 Å². The number of pyridine rings is 3. The van der Waals surface area contributed by atoms with Crippen molar-refractivity contribution in [2.45, 2.75) is 23.9 Å². The fraction of sp³-hybridized carbons (Fsp3) is 0.227. The predicted octanol–water partition coefficient (Wildman–Crippen LogP) is 4.95. The largest absolute Gasteiger partial charge is 0.485 e. The van der Waals surface area contributed by atoms with E-state index in [1.165, 1.54) is 48.1 Å². The summed E-state index contributed by atoms with van der Waals surface area (Å²) in [5.41, 5.74) is -0.0519. The molecule has 0 saturated carbocycles. The zero-order valence-electron chi connectivity index (χ0n) is 18.4. The third kappa shape index (κ3) is 4.94. The smallest absolute Gasteiger partial charge is 0.456 e. The fourth-order valence-electron chi connectivity index (χ4n) is 3.11. The summed E-state index contributed by atoms with van der Waals surface area (Å²) in [5.74, 6) is -5.38. The molecule has 4 aromatic heterocycles. The lowest BCUT2D eigenvalue weighted by atomic mass is 10.3. The molecule has 36 heavy (non-hydrogen) atoms. The van der Waals surface area contributed by atoms with Gasteiger partial charge in [-0.1, -0.05) is 13.0 Å². The van der Waals surface area contributed by atoms with Crippen LogP contribution < -0.4 is 9.47 Å². The predicted molar refractivity (Wildman–Crippen MR) is 117 cm³/mol. The van der Waals surface area contributed by atoms with Crippen LogP contribution in [0.1, 0.15) is 6.92 Å². The number of sulfone groups is 1. The summed E-state index contributed by atoms with van der Waals surface area (Å²) < 4.78 is 102. The van der Waals surface area contributed by atoms with Crippen molar-refractivity contribution in [2.24, 2.45) is 0 Å². The lowest BCUT2D eigenvalue weighted by Crippen LogP contribution is -2.41. The molecule has 0 N–H and O–H groups in total. The Kier molecular flexibility index (Phi) is 6.56. The third-order valence-electron chi connectivity index (χ3n) is 4.97. The van der Waals surface area contributed by atoms with E-state index in [0.717, 1.165) is 6.20 Å². The average Bonchev–Trinajstić information content (AvgIpc) is 3.27. The molecule has 0 aliphatic heterocycles. The Morgan fingerprint density at radius 2 is 1.78 bits per heavy atom. The van der Waals surface area contributed by atoms with E-state index < -0.39 is 28.5 Å². The van der Waals surface area contributed by atoms with Crippen molar-refractivity contribution in [1.82, 2.24) is 19.4 Å². The van der Waals surface area contributed by atoms with Crippen molar-refractivity contribution in [1.29, 1.82) is 0 Å². The van der Waals surface area contributed by atoms with Crippen LogP contribution in [0.5, 0.6) is 17.4 Å². The van der Waals surface area contributed by atoms with Crippen LogP contribution in [0.15, 0.2) is 66.1 Å². The fourth-order valence-corrected chi connectivity index (χ4v) is 4.16. The average molecular weight is 528 g/mol. The van der Waals surface area contributed by atoms with Crippen LogP contribution in [0.25, 0.3) is 17.0 Å². The second-order valence-corrected chi connectivity index (χ2v) is 9.64. The van der Waals surface area contributed by atoms with Gasteiger partial charge in [0.15, 0.2) is 22.3 Å². The number of imidazole rings is 1. The first-order valence-corrected chi connectivity index (χ1v) is 11.9. The molecule has 0 bridgehead atoms. The minimum atomic E-state index is -5.78. The van der Waals surface area contributed by atoms with E-state index in [1.807, 2.05) is 0 Å².